The monoisotopic (exact) mass is 288 g/mol. The van der Waals surface area contributed by atoms with Gasteiger partial charge in [0.1, 0.15) is 0 Å². The molecule has 0 aliphatic heterocycles. The standard InChI is InChI=1S/C17H21PS/c1-2-19-15-9-14-18(16-10-5-3-6-11-16)17-12-7-4-8-13-17/h3-8,10-13H,2,9,14-15H2,1H3. The average Bonchev–Trinajstić information content (AvgIpc) is 2.49. The molecule has 0 spiro atoms. The van der Waals surface area contributed by atoms with E-state index in [0.717, 1.165) is 0 Å². The van der Waals surface area contributed by atoms with E-state index in [1.54, 1.807) is 0 Å². The highest BCUT2D eigenvalue weighted by atomic mass is 32.2. The Hall–Kier alpha value is -0.780. The number of hydrogen-bond donors (Lipinski definition) is 0. The SMILES string of the molecule is CCSCCCP(c1ccccc1)c1ccccc1. The number of thioether (sulfide) groups is 1. The Morgan fingerprint density at radius 2 is 1.37 bits per heavy atom. The molecule has 0 aliphatic rings. The second-order valence-electron chi connectivity index (χ2n) is 4.37. The smallest absolute Gasteiger partial charge is 0.00641 e. The molecule has 0 atom stereocenters. The Labute approximate surface area is 122 Å². The van der Waals surface area contributed by atoms with Gasteiger partial charge in [-0.05, 0) is 42.6 Å². The van der Waals surface area contributed by atoms with Gasteiger partial charge in [-0.3, -0.25) is 0 Å². The summed E-state index contributed by atoms with van der Waals surface area (Å²) in [5.74, 6) is 2.52. The van der Waals surface area contributed by atoms with Gasteiger partial charge in [0.2, 0.25) is 0 Å². The van der Waals surface area contributed by atoms with Gasteiger partial charge in [0.15, 0.2) is 0 Å². The van der Waals surface area contributed by atoms with Crippen LogP contribution in [0.2, 0.25) is 0 Å². The van der Waals surface area contributed by atoms with Gasteiger partial charge < -0.3 is 0 Å². The predicted octanol–water partition coefficient (Wildman–Crippen LogP) is 4.26. The number of rotatable bonds is 7. The fourth-order valence-corrected chi connectivity index (χ4v) is 5.30. The van der Waals surface area contributed by atoms with Crippen molar-refractivity contribution in [2.45, 2.75) is 13.3 Å². The average molecular weight is 288 g/mol. The van der Waals surface area contributed by atoms with Crippen LogP contribution in [0.4, 0.5) is 0 Å². The summed E-state index contributed by atoms with van der Waals surface area (Å²) in [6.07, 6.45) is 2.62. The van der Waals surface area contributed by atoms with Crippen LogP contribution in [0, 0.1) is 0 Å². The van der Waals surface area contributed by atoms with E-state index in [4.69, 9.17) is 0 Å². The van der Waals surface area contributed by atoms with Gasteiger partial charge in [-0.2, -0.15) is 11.8 Å². The Bertz CT molecular complexity index is 416. The lowest BCUT2D eigenvalue weighted by Gasteiger charge is -2.18. The first kappa shape index (κ1) is 14.6. The molecule has 0 saturated carbocycles. The quantitative estimate of drug-likeness (QED) is 0.542. The van der Waals surface area contributed by atoms with Crippen LogP contribution in [0.15, 0.2) is 60.7 Å². The first-order valence-electron chi connectivity index (χ1n) is 6.87. The van der Waals surface area contributed by atoms with E-state index in [9.17, 15) is 0 Å². The number of hydrogen-bond acceptors (Lipinski definition) is 1. The van der Waals surface area contributed by atoms with Crippen LogP contribution in [-0.4, -0.2) is 17.7 Å². The van der Waals surface area contributed by atoms with Gasteiger partial charge in [-0.25, -0.2) is 0 Å². The molecule has 0 radical (unpaired) electrons. The third-order valence-electron chi connectivity index (χ3n) is 3.01. The molecule has 0 heterocycles. The first-order chi connectivity index (χ1) is 9.42. The van der Waals surface area contributed by atoms with E-state index >= 15 is 0 Å². The molecule has 2 aromatic rings. The van der Waals surface area contributed by atoms with Gasteiger partial charge in [0.25, 0.3) is 0 Å². The molecular weight excluding hydrogens is 267 g/mol. The highest BCUT2D eigenvalue weighted by Gasteiger charge is 2.12. The van der Waals surface area contributed by atoms with Crippen LogP contribution < -0.4 is 10.6 Å². The maximum absolute atomic E-state index is 2.28. The molecule has 0 N–H and O–H groups in total. The second-order valence-corrected chi connectivity index (χ2v) is 8.10. The van der Waals surface area contributed by atoms with Crippen molar-refractivity contribution in [1.29, 1.82) is 0 Å². The molecule has 2 aromatic carbocycles. The van der Waals surface area contributed by atoms with Crippen molar-refractivity contribution < 1.29 is 0 Å². The van der Waals surface area contributed by atoms with E-state index in [1.807, 2.05) is 0 Å². The van der Waals surface area contributed by atoms with Crippen molar-refractivity contribution in [2.75, 3.05) is 17.7 Å². The van der Waals surface area contributed by atoms with Crippen molar-refractivity contribution in [1.82, 2.24) is 0 Å². The first-order valence-corrected chi connectivity index (χ1v) is 9.55. The Kier molecular flexibility index (Phi) is 6.47. The largest absolute Gasteiger partial charge is 0.162 e. The predicted molar refractivity (Wildman–Crippen MR) is 91.6 cm³/mol. The van der Waals surface area contributed by atoms with E-state index in [1.165, 1.54) is 34.7 Å². The fraction of sp³-hybridized carbons (Fsp3) is 0.294. The zero-order valence-electron chi connectivity index (χ0n) is 11.5. The summed E-state index contributed by atoms with van der Waals surface area (Å²) in [5, 5.41) is 3.01. The third-order valence-corrected chi connectivity index (χ3v) is 6.60. The normalized spacial score (nSPS) is 10.8. The summed E-state index contributed by atoms with van der Waals surface area (Å²) in [5.41, 5.74) is 0. The molecule has 2 rings (SSSR count). The summed E-state index contributed by atoms with van der Waals surface area (Å²) >= 11 is 2.05. The van der Waals surface area contributed by atoms with Crippen molar-refractivity contribution in [2.24, 2.45) is 0 Å². The molecule has 0 unspecified atom stereocenters. The van der Waals surface area contributed by atoms with Gasteiger partial charge in [0.05, 0.1) is 0 Å². The highest BCUT2D eigenvalue weighted by Crippen LogP contribution is 2.34. The van der Waals surface area contributed by atoms with Gasteiger partial charge in [0, 0.05) is 0 Å². The lowest BCUT2D eigenvalue weighted by molar-refractivity contribution is 1.12. The van der Waals surface area contributed by atoms with Crippen LogP contribution in [0.3, 0.4) is 0 Å². The van der Waals surface area contributed by atoms with E-state index < -0.39 is 0 Å². The van der Waals surface area contributed by atoms with Gasteiger partial charge in [-0.15, -0.1) is 0 Å². The summed E-state index contributed by atoms with van der Waals surface area (Å²) in [4.78, 5) is 0. The zero-order chi connectivity index (χ0) is 13.3. The van der Waals surface area contributed by atoms with Gasteiger partial charge in [-0.1, -0.05) is 67.6 Å². The molecule has 0 aromatic heterocycles. The Morgan fingerprint density at radius 3 is 1.84 bits per heavy atom. The molecule has 0 saturated heterocycles. The van der Waals surface area contributed by atoms with Crippen molar-refractivity contribution in [3.8, 4) is 0 Å². The summed E-state index contributed by atoms with van der Waals surface area (Å²) in [6.45, 7) is 2.24. The molecule has 0 amide bonds. The molecular formula is C17H21PS. The Balaban J connectivity index is 2.10. The molecule has 0 aliphatic carbocycles. The molecule has 2 heteroatoms. The van der Waals surface area contributed by atoms with Crippen molar-refractivity contribution >= 4 is 30.3 Å². The molecule has 0 bridgehead atoms. The lowest BCUT2D eigenvalue weighted by atomic mass is 10.4. The zero-order valence-corrected chi connectivity index (χ0v) is 13.2. The van der Waals surface area contributed by atoms with E-state index in [0.29, 0.717) is 0 Å². The molecule has 100 valence electrons. The second kappa shape index (κ2) is 8.40. The Morgan fingerprint density at radius 1 is 0.842 bits per heavy atom. The van der Waals surface area contributed by atoms with E-state index in [-0.39, 0.29) is 7.92 Å². The lowest BCUT2D eigenvalue weighted by Crippen LogP contribution is -2.14. The minimum absolute atomic E-state index is 0.181. The summed E-state index contributed by atoms with van der Waals surface area (Å²) in [6, 6.07) is 22.0. The molecule has 0 fully saturated rings. The molecule has 19 heavy (non-hydrogen) atoms. The summed E-state index contributed by atoms with van der Waals surface area (Å²) < 4.78 is 0. The van der Waals surface area contributed by atoms with Crippen molar-refractivity contribution in [3.63, 3.8) is 0 Å². The highest BCUT2D eigenvalue weighted by molar-refractivity contribution is 7.99. The number of benzene rings is 2. The minimum Gasteiger partial charge on any atom is -0.162 e. The van der Waals surface area contributed by atoms with Crippen LogP contribution >= 0.6 is 19.7 Å². The van der Waals surface area contributed by atoms with Crippen LogP contribution in [0.25, 0.3) is 0 Å². The van der Waals surface area contributed by atoms with Crippen LogP contribution in [-0.2, 0) is 0 Å². The summed E-state index contributed by atoms with van der Waals surface area (Å²) in [7, 11) is -0.181. The third kappa shape index (κ3) is 4.67. The topological polar surface area (TPSA) is 0 Å². The van der Waals surface area contributed by atoms with E-state index in [2.05, 4.69) is 79.3 Å². The van der Waals surface area contributed by atoms with Gasteiger partial charge >= 0.3 is 0 Å². The minimum atomic E-state index is -0.181. The molecule has 0 nitrogen and oxygen atoms in total. The fourth-order valence-electron chi connectivity index (χ4n) is 2.09. The van der Waals surface area contributed by atoms with Crippen LogP contribution in [0.1, 0.15) is 13.3 Å². The maximum Gasteiger partial charge on any atom is -0.00641 e. The van der Waals surface area contributed by atoms with Crippen LogP contribution in [0.5, 0.6) is 0 Å². The maximum atomic E-state index is 2.28. The van der Waals surface area contributed by atoms with Crippen molar-refractivity contribution in [3.05, 3.63) is 60.7 Å².